The highest BCUT2D eigenvalue weighted by molar-refractivity contribution is 5.94. The Balaban J connectivity index is 2.02. The van der Waals surface area contributed by atoms with E-state index >= 15 is 0 Å². The summed E-state index contributed by atoms with van der Waals surface area (Å²) in [6, 6.07) is 6.90. The molecule has 1 atom stereocenters. The molecule has 1 aromatic rings. The molecule has 2 rings (SSSR count). The van der Waals surface area contributed by atoms with Crippen LogP contribution in [0.4, 0.5) is 0 Å². The molecule has 1 unspecified atom stereocenters. The third-order valence-corrected chi connectivity index (χ3v) is 3.40. The van der Waals surface area contributed by atoms with Crippen molar-refractivity contribution in [3.63, 3.8) is 0 Å². The number of carboxylic acids is 1. The zero-order valence-electron chi connectivity index (χ0n) is 11.5. The molecule has 0 aromatic heterocycles. The predicted molar refractivity (Wildman–Crippen MR) is 73.4 cm³/mol. The molecule has 1 amide bonds. The molecule has 0 saturated heterocycles. The van der Waals surface area contributed by atoms with Crippen molar-refractivity contribution in [2.45, 2.75) is 31.9 Å². The zero-order valence-corrected chi connectivity index (χ0v) is 11.5. The Bertz CT molecular complexity index is 496. The van der Waals surface area contributed by atoms with E-state index in [9.17, 15) is 9.59 Å². The van der Waals surface area contributed by atoms with Crippen LogP contribution in [0.5, 0.6) is 0 Å². The summed E-state index contributed by atoms with van der Waals surface area (Å²) in [5, 5.41) is 11.7. The number of ether oxygens (including phenoxy) is 1. The third kappa shape index (κ3) is 4.06. The number of nitrogens with one attached hydrogen (secondary N) is 1. The predicted octanol–water partition coefficient (Wildman–Crippen LogP) is 1.82. The second kappa shape index (κ2) is 6.52. The van der Waals surface area contributed by atoms with Gasteiger partial charge in [-0.25, -0.2) is 0 Å². The van der Waals surface area contributed by atoms with Crippen LogP contribution in [-0.4, -0.2) is 30.1 Å². The minimum Gasteiger partial charge on any atom is -0.481 e. The summed E-state index contributed by atoms with van der Waals surface area (Å²) in [4.78, 5) is 23.0. The Hall–Kier alpha value is -1.88. The Morgan fingerprint density at radius 1 is 1.45 bits per heavy atom. The minimum atomic E-state index is -0.879. The average molecular weight is 277 g/mol. The monoisotopic (exact) mass is 277 g/mol. The summed E-state index contributed by atoms with van der Waals surface area (Å²) in [5.74, 6) is -0.798. The summed E-state index contributed by atoms with van der Waals surface area (Å²) in [6.07, 6.45) is 1.96. The number of hydrogen-bond acceptors (Lipinski definition) is 3. The lowest BCUT2D eigenvalue weighted by molar-refractivity contribution is -0.137. The van der Waals surface area contributed by atoms with Gasteiger partial charge in [-0.15, -0.1) is 0 Å². The maximum absolute atomic E-state index is 12.2. The molecule has 0 aliphatic heterocycles. The highest BCUT2D eigenvalue weighted by Crippen LogP contribution is 2.34. The summed E-state index contributed by atoms with van der Waals surface area (Å²) < 4.78 is 5.04. The first-order valence-electron chi connectivity index (χ1n) is 6.70. The van der Waals surface area contributed by atoms with Crippen LogP contribution in [0.3, 0.4) is 0 Å². The Morgan fingerprint density at radius 3 is 2.80 bits per heavy atom. The lowest BCUT2D eigenvalue weighted by atomic mass is 10.1. The number of amides is 1. The molecule has 1 aliphatic rings. The highest BCUT2D eigenvalue weighted by Gasteiger charge is 2.33. The van der Waals surface area contributed by atoms with Gasteiger partial charge in [-0.05, 0) is 36.5 Å². The number of carbonyl (C=O) groups is 2. The van der Waals surface area contributed by atoms with Gasteiger partial charge in [0.05, 0.1) is 13.0 Å². The molecule has 1 aromatic carbocycles. The molecule has 1 saturated carbocycles. The second-order valence-electron chi connectivity index (χ2n) is 5.15. The van der Waals surface area contributed by atoms with E-state index in [4.69, 9.17) is 9.84 Å². The SMILES string of the molecule is COCc1cccc(C(=O)NC(CC(=O)O)C2CC2)c1. The molecule has 1 fully saturated rings. The number of carboxylic acid groups (broad SMARTS) is 1. The van der Waals surface area contributed by atoms with Gasteiger partial charge < -0.3 is 15.2 Å². The van der Waals surface area contributed by atoms with Gasteiger partial charge in [0.2, 0.25) is 0 Å². The smallest absolute Gasteiger partial charge is 0.305 e. The summed E-state index contributed by atoms with van der Waals surface area (Å²) in [7, 11) is 1.60. The molecule has 5 nitrogen and oxygen atoms in total. The molecule has 2 N–H and O–H groups in total. The van der Waals surface area contributed by atoms with Crippen LogP contribution in [0.1, 0.15) is 35.2 Å². The maximum Gasteiger partial charge on any atom is 0.305 e. The van der Waals surface area contributed by atoms with Gasteiger partial charge >= 0.3 is 5.97 Å². The van der Waals surface area contributed by atoms with Crippen molar-refractivity contribution in [3.8, 4) is 0 Å². The van der Waals surface area contributed by atoms with E-state index in [1.807, 2.05) is 6.07 Å². The van der Waals surface area contributed by atoms with Gasteiger partial charge in [0.15, 0.2) is 0 Å². The minimum absolute atomic E-state index is 0.0197. The zero-order chi connectivity index (χ0) is 14.5. The molecular weight excluding hydrogens is 258 g/mol. The number of carbonyl (C=O) groups excluding carboxylic acids is 1. The molecule has 1 aliphatic carbocycles. The normalized spacial score (nSPS) is 15.7. The topological polar surface area (TPSA) is 75.6 Å². The van der Waals surface area contributed by atoms with E-state index in [-0.39, 0.29) is 18.4 Å². The van der Waals surface area contributed by atoms with Crippen LogP contribution in [0.2, 0.25) is 0 Å². The van der Waals surface area contributed by atoms with Crippen molar-refractivity contribution < 1.29 is 19.4 Å². The van der Waals surface area contributed by atoms with Crippen molar-refractivity contribution in [2.75, 3.05) is 7.11 Å². The Labute approximate surface area is 117 Å². The molecule has 20 heavy (non-hydrogen) atoms. The Morgan fingerprint density at radius 2 is 2.20 bits per heavy atom. The number of benzene rings is 1. The first kappa shape index (κ1) is 14.5. The van der Waals surface area contributed by atoms with Gasteiger partial charge in [0.1, 0.15) is 0 Å². The molecule has 5 heteroatoms. The van der Waals surface area contributed by atoms with Crippen LogP contribution in [0.25, 0.3) is 0 Å². The van der Waals surface area contributed by atoms with Crippen molar-refractivity contribution in [1.29, 1.82) is 0 Å². The molecule has 0 radical (unpaired) electrons. The number of hydrogen-bond donors (Lipinski definition) is 2. The van der Waals surface area contributed by atoms with Crippen molar-refractivity contribution in [2.24, 2.45) is 5.92 Å². The highest BCUT2D eigenvalue weighted by atomic mass is 16.5. The lowest BCUT2D eigenvalue weighted by Crippen LogP contribution is -2.38. The van der Waals surface area contributed by atoms with E-state index in [1.54, 1.807) is 25.3 Å². The Kier molecular flexibility index (Phi) is 4.74. The summed E-state index contributed by atoms with van der Waals surface area (Å²) >= 11 is 0. The van der Waals surface area contributed by atoms with Crippen LogP contribution in [0.15, 0.2) is 24.3 Å². The van der Waals surface area contributed by atoms with Crippen molar-refractivity contribution >= 4 is 11.9 Å². The average Bonchev–Trinajstić information content (AvgIpc) is 3.22. The van der Waals surface area contributed by atoms with E-state index in [1.165, 1.54) is 0 Å². The van der Waals surface area contributed by atoms with Crippen molar-refractivity contribution in [3.05, 3.63) is 35.4 Å². The molecule has 108 valence electrons. The van der Waals surface area contributed by atoms with E-state index < -0.39 is 5.97 Å². The van der Waals surface area contributed by atoms with Gasteiger partial charge in [-0.2, -0.15) is 0 Å². The maximum atomic E-state index is 12.2. The standard InChI is InChI=1S/C15H19NO4/c1-20-9-10-3-2-4-12(7-10)15(19)16-13(8-14(17)18)11-5-6-11/h2-4,7,11,13H,5-6,8-9H2,1H3,(H,16,19)(H,17,18). The number of methoxy groups -OCH3 is 1. The van der Waals surface area contributed by atoms with Gasteiger partial charge in [-0.1, -0.05) is 12.1 Å². The second-order valence-corrected chi connectivity index (χ2v) is 5.15. The summed E-state index contributed by atoms with van der Waals surface area (Å²) in [6.45, 7) is 0.447. The van der Waals surface area contributed by atoms with E-state index in [0.717, 1.165) is 18.4 Å². The third-order valence-electron chi connectivity index (χ3n) is 3.40. The van der Waals surface area contributed by atoms with Crippen LogP contribution in [-0.2, 0) is 16.1 Å². The summed E-state index contributed by atoms with van der Waals surface area (Å²) in [5.41, 5.74) is 1.46. The lowest BCUT2D eigenvalue weighted by Gasteiger charge is -2.16. The molecule has 0 spiro atoms. The molecule has 0 bridgehead atoms. The van der Waals surface area contributed by atoms with Crippen LogP contribution in [0, 0.1) is 5.92 Å². The largest absolute Gasteiger partial charge is 0.481 e. The number of aliphatic carboxylic acids is 1. The van der Waals surface area contributed by atoms with Crippen LogP contribution >= 0.6 is 0 Å². The first-order valence-corrected chi connectivity index (χ1v) is 6.70. The van der Waals surface area contributed by atoms with Gasteiger partial charge in [0.25, 0.3) is 5.91 Å². The van der Waals surface area contributed by atoms with Gasteiger partial charge in [-0.3, -0.25) is 9.59 Å². The van der Waals surface area contributed by atoms with Gasteiger partial charge in [0, 0.05) is 18.7 Å². The van der Waals surface area contributed by atoms with Crippen molar-refractivity contribution in [1.82, 2.24) is 5.32 Å². The van der Waals surface area contributed by atoms with E-state index in [2.05, 4.69) is 5.32 Å². The fourth-order valence-corrected chi connectivity index (χ4v) is 2.24. The molecular formula is C15H19NO4. The fourth-order valence-electron chi connectivity index (χ4n) is 2.24. The quantitative estimate of drug-likeness (QED) is 0.797. The first-order chi connectivity index (χ1) is 9.60. The fraction of sp³-hybridized carbons (Fsp3) is 0.467. The van der Waals surface area contributed by atoms with Crippen LogP contribution < -0.4 is 5.32 Å². The molecule has 0 heterocycles. The van der Waals surface area contributed by atoms with E-state index in [0.29, 0.717) is 18.1 Å². The number of rotatable bonds is 7.